The van der Waals surface area contributed by atoms with Crippen LogP contribution in [-0.2, 0) is 0 Å². The molecular formula is C11H11NO2. The highest BCUT2D eigenvalue weighted by Crippen LogP contribution is 2.34. The molecule has 1 aliphatic rings. The number of benzene rings is 1. The fraction of sp³-hybridized carbons (Fsp3) is 0.273. The maximum absolute atomic E-state index is 10.7. The highest BCUT2D eigenvalue weighted by atomic mass is 16.6. The zero-order chi connectivity index (χ0) is 9.97. The standard InChI is InChI=1S/C11H11NO2/c13-12(14)11-8-4-7-10(11)9-5-2-1-3-6-9/h1-3,5-6,8,10H,4,7H2. The maximum Gasteiger partial charge on any atom is 0.249 e. The predicted molar refractivity (Wildman–Crippen MR) is 53.5 cm³/mol. The van der Waals surface area contributed by atoms with Crippen molar-refractivity contribution in [3.8, 4) is 0 Å². The van der Waals surface area contributed by atoms with Crippen LogP contribution >= 0.6 is 0 Å². The summed E-state index contributed by atoms with van der Waals surface area (Å²) in [6.07, 6.45) is 3.41. The predicted octanol–water partition coefficient (Wildman–Crippen LogP) is 2.72. The molecule has 0 fully saturated rings. The van der Waals surface area contributed by atoms with Gasteiger partial charge in [-0.1, -0.05) is 30.3 Å². The average Bonchev–Trinajstić information content (AvgIpc) is 2.67. The van der Waals surface area contributed by atoms with Gasteiger partial charge in [-0.15, -0.1) is 0 Å². The molecule has 0 spiro atoms. The molecule has 0 radical (unpaired) electrons. The Kier molecular flexibility index (Phi) is 2.31. The molecule has 0 saturated heterocycles. The topological polar surface area (TPSA) is 43.1 Å². The lowest BCUT2D eigenvalue weighted by atomic mass is 9.97. The van der Waals surface area contributed by atoms with Crippen LogP contribution in [0, 0.1) is 10.1 Å². The highest BCUT2D eigenvalue weighted by Gasteiger charge is 2.29. The van der Waals surface area contributed by atoms with Crippen LogP contribution < -0.4 is 0 Å². The molecule has 0 aliphatic heterocycles. The third-order valence-corrected chi connectivity index (χ3v) is 2.58. The van der Waals surface area contributed by atoms with Gasteiger partial charge in [0.2, 0.25) is 5.70 Å². The van der Waals surface area contributed by atoms with Gasteiger partial charge in [0.1, 0.15) is 0 Å². The Morgan fingerprint density at radius 1 is 1.29 bits per heavy atom. The second-order valence-electron chi connectivity index (χ2n) is 3.43. The first-order valence-electron chi connectivity index (χ1n) is 4.68. The quantitative estimate of drug-likeness (QED) is 0.530. The van der Waals surface area contributed by atoms with Crippen molar-refractivity contribution in [2.24, 2.45) is 0 Å². The Morgan fingerprint density at radius 2 is 2.00 bits per heavy atom. The normalized spacial score (nSPS) is 20.6. The number of nitrogens with zero attached hydrogens (tertiary/aromatic N) is 1. The summed E-state index contributed by atoms with van der Waals surface area (Å²) in [5, 5.41) is 10.7. The van der Waals surface area contributed by atoms with Crippen molar-refractivity contribution in [2.75, 3.05) is 0 Å². The summed E-state index contributed by atoms with van der Waals surface area (Å²) in [4.78, 5) is 10.5. The van der Waals surface area contributed by atoms with Crippen LogP contribution in [-0.4, -0.2) is 4.92 Å². The van der Waals surface area contributed by atoms with Gasteiger partial charge in [-0.05, 0) is 24.5 Å². The van der Waals surface area contributed by atoms with Crippen molar-refractivity contribution in [1.29, 1.82) is 0 Å². The molecule has 0 bridgehead atoms. The van der Waals surface area contributed by atoms with E-state index in [9.17, 15) is 10.1 Å². The number of rotatable bonds is 2. The molecule has 0 heterocycles. The lowest BCUT2D eigenvalue weighted by Crippen LogP contribution is -2.05. The van der Waals surface area contributed by atoms with Gasteiger partial charge in [-0.3, -0.25) is 10.1 Å². The van der Waals surface area contributed by atoms with E-state index in [1.54, 1.807) is 6.08 Å². The molecule has 72 valence electrons. The van der Waals surface area contributed by atoms with Gasteiger partial charge in [-0.25, -0.2) is 0 Å². The summed E-state index contributed by atoms with van der Waals surface area (Å²) < 4.78 is 0. The van der Waals surface area contributed by atoms with Gasteiger partial charge in [0.15, 0.2) is 0 Å². The van der Waals surface area contributed by atoms with Crippen molar-refractivity contribution >= 4 is 0 Å². The van der Waals surface area contributed by atoms with E-state index in [1.165, 1.54) is 0 Å². The molecule has 1 aromatic rings. The van der Waals surface area contributed by atoms with Gasteiger partial charge in [0.25, 0.3) is 0 Å². The zero-order valence-corrected chi connectivity index (χ0v) is 7.72. The molecule has 1 aliphatic carbocycles. The van der Waals surface area contributed by atoms with Crippen LogP contribution in [0.25, 0.3) is 0 Å². The molecule has 0 saturated carbocycles. The first kappa shape index (κ1) is 8.94. The molecular weight excluding hydrogens is 178 g/mol. The van der Waals surface area contributed by atoms with E-state index in [-0.39, 0.29) is 10.8 Å². The zero-order valence-electron chi connectivity index (χ0n) is 7.72. The SMILES string of the molecule is O=[N+]([O-])C1=CCCC1c1ccccc1. The molecule has 0 amide bonds. The lowest BCUT2D eigenvalue weighted by Gasteiger charge is -2.08. The summed E-state index contributed by atoms with van der Waals surface area (Å²) >= 11 is 0. The second kappa shape index (κ2) is 3.62. The molecule has 3 heteroatoms. The lowest BCUT2D eigenvalue weighted by molar-refractivity contribution is -0.429. The minimum Gasteiger partial charge on any atom is -0.259 e. The van der Waals surface area contributed by atoms with E-state index in [0.717, 1.165) is 18.4 Å². The maximum atomic E-state index is 10.7. The van der Waals surface area contributed by atoms with E-state index >= 15 is 0 Å². The van der Waals surface area contributed by atoms with E-state index < -0.39 is 0 Å². The molecule has 0 N–H and O–H groups in total. The van der Waals surface area contributed by atoms with Gasteiger partial charge in [0.05, 0.1) is 10.8 Å². The average molecular weight is 189 g/mol. The summed E-state index contributed by atoms with van der Waals surface area (Å²) in [7, 11) is 0. The van der Waals surface area contributed by atoms with Crippen molar-refractivity contribution < 1.29 is 4.92 Å². The highest BCUT2D eigenvalue weighted by molar-refractivity contribution is 5.28. The monoisotopic (exact) mass is 189 g/mol. The van der Waals surface area contributed by atoms with E-state index in [4.69, 9.17) is 0 Å². The molecule has 2 rings (SSSR count). The Bertz CT molecular complexity index is 370. The fourth-order valence-electron chi connectivity index (χ4n) is 1.91. The van der Waals surface area contributed by atoms with Gasteiger partial charge in [-0.2, -0.15) is 0 Å². The van der Waals surface area contributed by atoms with Gasteiger partial charge < -0.3 is 0 Å². The van der Waals surface area contributed by atoms with E-state index in [2.05, 4.69) is 0 Å². The molecule has 0 aromatic heterocycles. The Hall–Kier alpha value is -1.64. The molecule has 3 nitrogen and oxygen atoms in total. The van der Waals surface area contributed by atoms with Crippen molar-refractivity contribution in [3.05, 3.63) is 57.8 Å². The molecule has 1 aromatic carbocycles. The van der Waals surface area contributed by atoms with Crippen LogP contribution in [0.15, 0.2) is 42.1 Å². The number of allylic oxidation sites excluding steroid dienone is 2. The molecule has 14 heavy (non-hydrogen) atoms. The number of hydrogen-bond donors (Lipinski definition) is 0. The Labute approximate surface area is 82.2 Å². The number of hydrogen-bond acceptors (Lipinski definition) is 2. The van der Waals surface area contributed by atoms with Crippen LogP contribution in [0.2, 0.25) is 0 Å². The summed E-state index contributed by atoms with van der Waals surface area (Å²) in [6, 6.07) is 9.67. The number of nitro groups is 1. The van der Waals surface area contributed by atoms with Crippen molar-refractivity contribution in [3.63, 3.8) is 0 Å². The summed E-state index contributed by atoms with van der Waals surface area (Å²) in [5.41, 5.74) is 1.41. The Morgan fingerprint density at radius 3 is 2.64 bits per heavy atom. The Balaban J connectivity index is 2.29. The van der Waals surface area contributed by atoms with E-state index in [0.29, 0.717) is 5.70 Å². The fourth-order valence-corrected chi connectivity index (χ4v) is 1.91. The minimum atomic E-state index is -0.259. The van der Waals surface area contributed by atoms with Crippen LogP contribution in [0.3, 0.4) is 0 Å². The van der Waals surface area contributed by atoms with Gasteiger partial charge in [0, 0.05) is 0 Å². The molecule has 1 atom stereocenters. The minimum absolute atomic E-state index is 0.00815. The molecule has 1 unspecified atom stereocenters. The summed E-state index contributed by atoms with van der Waals surface area (Å²) in [6.45, 7) is 0. The van der Waals surface area contributed by atoms with E-state index in [1.807, 2.05) is 30.3 Å². The first-order valence-corrected chi connectivity index (χ1v) is 4.68. The third kappa shape index (κ3) is 1.53. The van der Waals surface area contributed by atoms with Crippen molar-refractivity contribution in [1.82, 2.24) is 0 Å². The first-order chi connectivity index (χ1) is 6.79. The largest absolute Gasteiger partial charge is 0.259 e. The summed E-state index contributed by atoms with van der Waals surface area (Å²) in [5.74, 6) is -0.00815. The third-order valence-electron chi connectivity index (χ3n) is 2.58. The smallest absolute Gasteiger partial charge is 0.249 e. The van der Waals surface area contributed by atoms with Crippen LogP contribution in [0.1, 0.15) is 24.3 Å². The van der Waals surface area contributed by atoms with Crippen LogP contribution in [0.5, 0.6) is 0 Å². The second-order valence-corrected chi connectivity index (χ2v) is 3.43. The van der Waals surface area contributed by atoms with Crippen molar-refractivity contribution in [2.45, 2.75) is 18.8 Å². The van der Waals surface area contributed by atoms with Crippen LogP contribution in [0.4, 0.5) is 0 Å². The van der Waals surface area contributed by atoms with Gasteiger partial charge >= 0.3 is 0 Å².